The van der Waals surface area contributed by atoms with Crippen LogP contribution in [0.2, 0.25) is 0 Å². The van der Waals surface area contributed by atoms with Crippen LogP contribution < -0.4 is 10.6 Å². The first kappa shape index (κ1) is 14.0. The van der Waals surface area contributed by atoms with E-state index in [4.69, 9.17) is 4.74 Å². The SMILES string of the molecule is COC1(C(=O)NCc2sccc2Br)CCNCC1. The minimum absolute atomic E-state index is 0.00759. The number of hydrogen-bond acceptors (Lipinski definition) is 4. The van der Waals surface area contributed by atoms with Crippen LogP contribution in [0.1, 0.15) is 17.7 Å². The van der Waals surface area contributed by atoms with E-state index in [9.17, 15) is 4.79 Å². The van der Waals surface area contributed by atoms with Crippen LogP contribution in [-0.4, -0.2) is 31.7 Å². The molecule has 0 unspecified atom stereocenters. The van der Waals surface area contributed by atoms with Gasteiger partial charge in [-0.2, -0.15) is 0 Å². The number of piperidine rings is 1. The molecule has 4 nitrogen and oxygen atoms in total. The molecule has 0 aliphatic carbocycles. The van der Waals surface area contributed by atoms with E-state index in [1.165, 1.54) is 0 Å². The van der Waals surface area contributed by atoms with Crippen LogP contribution in [0.3, 0.4) is 0 Å². The zero-order chi connectivity index (χ0) is 13.0. The van der Waals surface area contributed by atoms with E-state index >= 15 is 0 Å². The first-order valence-corrected chi connectivity index (χ1v) is 7.61. The smallest absolute Gasteiger partial charge is 0.252 e. The van der Waals surface area contributed by atoms with Crippen molar-refractivity contribution in [3.05, 3.63) is 20.8 Å². The summed E-state index contributed by atoms with van der Waals surface area (Å²) in [5.41, 5.74) is -0.658. The largest absolute Gasteiger partial charge is 0.368 e. The lowest BCUT2D eigenvalue weighted by atomic mass is 9.91. The predicted molar refractivity (Wildman–Crippen MR) is 75.7 cm³/mol. The lowest BCUT2D eigenvalue weighted by Gasteiger charge is -2.34. The Balaban J connectivity index is 1.96. The number of carbonyl (C=O) groups is 1. The van der Waals surface area contributed by atoms with Crippen molar-refractivity contribution in [3.63, 3.8) is 0 Å². The normalized spacial score (nSPS) is 18.6. The number of hydrogen-bond donors (Lipinski definition) is 2. The molecule has 2 rings (SSSR count). The Morgan fingerprint density at radius 3 is 2.89 bits per heavy atom. The number of thiophene rings is 1. The molecule has 0 saturated carbocycles. The van der Waals surface area contributed by atoms with Crippen molar-refractivity contribution in [2.75, 3.05) is 20.2 Å². The van der Waals surface area contributed by atoms with Gasteiger partial charge in [0.1, 0.15) is 5.60 Å². The summed E-state index contributed by atoms with van der Waals surface area (Å²) >= 11 is 5.09. The van der Waals surface area contributed by atoms with Crippen molar-refractivity contribution in [1.29, 1.82) is 0 Å². The Kier molecular flexibility index (Phi) is 4.77. The number of halogens is 1. The molecule has 1 aromatic heterocycles. The molecule has 2 heterocycles. The van der Waals surface area contributed by atoms with Gasteiger partial charge in [0, 0.05) is 16.5 Å². The topological polar surface area (TPSA) is 50.4 Å². The minimum Gasteiger partial charge on any atom is -0.368 e. The minimum atomic E-state index is -0.658. The summed E-state index contributed by atoms with van der Waals surface area (Å²) in [5, 5.41) is 8.22. The summed E-state index contributed by atoms with van der Waals surface area (Å²) in [6, 6.07) is 1.99. The van der Waals surface area contributed by atoms with Crippen LogP contribution in [0.15, 0.2) is 15.9 Å². The lowest BCUT2D eigenvalue weighted by molar-refractivity contribution is -0.146. The molecule has 2 N–H and O–H groups in total. The molecule has 0 bridgehead atoms. The van der Waals surface area contributed by atoms with E-state index in [0.29, 0.717) is 6.54 Å². The molecule has 1 fully saturated rings. The quantitative estimate of drug-likeness (QED) is 0.885. The summed E-state index contributed by atoms with van der Waals surface area (Å²) in [5.74, 6) is -0.00759. The van der Waals surface area contributed by atoms with Crippen LogP contribution in [0.4, 0.5) is 0 Å². The fraction of sp³-hybridized carbons (Fsp3) is 0.583. The molecule has 6 heteroatoms. The number of methoxy groups -OCH3 is 1. The maximum Gasteiger partial charge on any atom is 0.252 e. The van der Waals surface area contributed by atoms with Crippen molar-refractivity contribution < 1.29 is 9.53 Å². The standard InChI is InChI=1S/C12H17BrN2O2S/c1-17-12(3-5-14-6-4-12)11(16)15-8-10-9(13)2-7-18-10/h2,7,14H,3-6,8H2,1H3,(H,15,16). The lowest BCUT2D eigenvalue weighted by Crippen LogP contribution is -2.53. The fourth-order valence-corrected chi connectivity index (χ4v) is 3.56. The monoisotopic (exact) mass is 332 g/mol. The van der Waals surface area contributed by atoms with Gasteiger partial charge in [-0.1, -0.05) is 0 Å². The number of rotatable bonds is 4. The second-order valence-corrected chi connectivity index (χ2v) is 6.18. The van der Waals surface area contributed by atoms with Crippen molar-refractivity contribution >= 4 is 33.2 Å². The van der Waals surface area contributed by atoms with Gasteiger partial charge in [0.15, 0.2) is 0 Å². The first-order chi connectivity index (χ1) is 8.68. The van der Waals surface area contributed by atoms with Crippen LogP contribution in [0.25, 0.3) is 0 Å². The Hall–Kier alpha value is -0.430. The number of nitrogens with one attached hydrogen (secondary N) is 2. The van der Waals surface area contributed by atoms with E-state index in [2.05, 4.69) is 26.6 Å². The zero-order valence-electron chi connectivity index (χ0n) is 10.3. The third-order valence-corrected chi connectivity index (χ3v) is 5.24. The van der Waals surface area contributed by atoms with Gasteiger partial charge in [0.25, 0.3) is 5.91 Å². The summed E-state index contributed by atoms with van der Waals surface area (Å²) in [7, 11) is 1.62. The molecule has 18 heavy (non-hydrogen) atoms. The van der Waals surface area contributed by atoms with Crippen LogP contribution >= 0.6 is 27.3 Å². The van der Waals surface area contributed by atoms with Crippen LogP contribution in [-0.2, 0) is 16.1 Å². The van der Waals surface area contributed by atoms with Crippen molar-refractivity contribution in [1.82, 2.24) is 10.6 Å². The molecule has 1 aliphatic rings. The molecule has 1 saturated heterocycles. The highest BCUT2D eigenvalue weighted by Gasteiger charge is 2.39. The van der Waals surface area contributed by atoms with Gasteiger partial charge < -0.3 is 15.4 Å². The van der Waals surface area contributed by atoms with Gasteiger partial charge in [-0.15, -0.1) is 11.3 Å². The highest BCUT2D eigenvalue weighted by atomic mass is 79.9. The zero-order valence-corrected chi connectivity index (χ0v) is 12.7. The molecule has 0 atom stereocenters. The highest BCUT2D eigenvalue weighted by Crippen LogP contribution is 2.25. The molecule has 0 radical (unpaired) electrons. The van der Waals surface area contributed by atoms with E-state index in [0.717, 1.165) is 35.3 Å². The summed E-state index contributed by atoms with van der Waals surface area (Å²) in [6.45, 7) is 2.20. The van der Waals surface area contributed by atoms with Gasteiger partial charge in [0.2, 0.25) is 0 Å². The average Bonchev–Trinajstić information content (AvgIpc) is 2.82. The fourth-order valence-electron chi connectivity index (χ4n) is 2.13. The maximum absolute atomic E-state index is 12.3. The second kappa shape index (κ2) is 6.14. The van der Waals surface area contributed by atoms with Gasteiger partial charge in [0.05, 0.1) is 6.54 Å². The second-order valence-electron chi connectivity index (χ2n) is 4.32. The van der Waals surface area contributed by atoms with E-state index in [1.807, 2.05) is 11.4 Å². The molecule has 1 amide bonds. The van der Waals surface area contributed by atoms with Crippen molar-refractivity contribution in [2.24, 2.45) is 0 Å². The summed E-state index contributed by atoms with van der Waals surface area (Å²) in [4.78, 5) is 13.4. The van der Waals surface area contributed by atoms with E-state index in [-0.39, 0.29) is 5.91 Å². The first-order valence-electron chi connectivity index (χ1n) is 5.94. The van der Waals surface area contributed by atoms with Gasteiger partial charge in [-0.05, 0) is 53.3 Å². The molecular formula is C12H17BrN2O2S. The van der Waals surface area contributed by atoms with E-state index in [1.54, 1.807) is 18.4 Å². The molecule has 0 spiro atoms. The van der Waals surface area contributed by atoms with E-state index < -0.39 is 5.60 Å². The Labute approximate surface area is 119 Å². The van der Waals surface area contributed by atoms with Crippen LogP contribution in [0.5, 0.6) is 0 Å². The van der Waals surface area contributed by atoms with Crippen LogP contribution in [0, 0.1) is 0 Å². The van der Waals surface area contributed by atoms with Crippen molar-refractivity contribution in [2.45, 2.75) is 25.0 Å². The highest BCUT2D eigenvalue weighted by molar-refractivity contribution is 9.10. The molecule has 1 aromatic rings. The number of carbonyl (C=O) groups excluding carboxylic acids is 1. The Bertz CT molecular complexity index is 416. The molecule has 0 aromatic carbocycles. The van der Waals surface area contributed by atoms with Gasteiger partial charge >= 0.3 is 0 Å². The molecule has 1 aliphatic heterocycles. The summed E-state index contributed by atoms with van der Waals surface area (Å²) < 4.78 is 6.53. The molecule has 100 valence electrons. The maximum atomic E-state index is 12.3. The van der Waals surface area contributed by atoms with Gasteiger partial charge in [-0.25, -0.2) is 0 Å². The number of ether oxygens (including phenoxy) is 1. The third kappa shape index (κ3) is 2.93. The third-order valence-electron chi connectivity index (χ3n) is 3.32. The summed E-state index contributed by atoms with van der Waals surface area (Å²) in [6.07, 6.45) is 1.45. The van der Waals surface area contributed by atoms with Gasteiger partial charge in [-0.3, -0.25) is 4.79 Å². The average molecular weight is 333 g/mol. The predicted octanol–water partition coefficient (Wildman–Crippen LogP) is 1.90. The molecular weight excluding hydrogens is 316 g/mol. The Morgan fingerprint density at radius 2 is 2.33 bits per heavy atom. The Morgan fingerprint density at radius 1 is 1.61 bits per heavy atom. The van der Waals surface area contributed by atoms with Crippen molar-refractivity contribution in [3.8, 4) is 0 Å². The number of amides is 1.